The molecule has 0 spiro atoms. The van der Waals surface area contributed by atoms with Crippen LogP contribution in [0.25, 0.3) is 93.7 Å². The fourth-order valence-corrected chi connectivity index (χ4v) is 8.67. The Morgan fingerprint density at radius 3 is 1.28 bits per heavy atom. The lowest BCUT2D eigenvalue weighted by Crippen LogP contribution is -2.05. The number of rotatable bonds is 4. The van der Waals surface area contributed by atoms with Crippen molar-refractivity contribution in [3.8, 4) is 34.1 Å². The molecule has 0 saturated carbocycles. The van der Waals surface area contributed by atoms with E-state index in [0.717, 1.165) is 77.8 Å². The summed E-state index contributed by atoms with van der Waals surface area (Å²) in [6.07, 6.45) is 2.04. The number of aryl methyl sites for hydroxylation is 1. The average molecular weight is 681 g/mol. The minimum Gasteiger partial charge on any atom is -0.508 e. The molecule has 0 saturated heterocycles. The standard InChI is InChI=1S/C48H32N4O/c1-30-27-47(52-43-22-11-6-17-36(43)37-26-25-31(53)28-46(37)52)49-29-38(30)48-44(50-39-18-7-2-13-32(39)33-14-3-8-19-40(33)50)23-12-24-45(48)51-41-20-9-4-15-34(41)35-16-5-10-21-42(35)51/h2-29,53H,1H3. The van der Waals surface area contributed by atoms with Crippen molar-refractivity contribution in [2.75, 3.05) is 0 Å². The van der Waals surface area contributed by atoms with Crippen LogP contribution in [0.1, 0.15) is 5.56 Å². The lowest BCUT2D eigenvalue weighted by atomic mass is 9.98. The first-order valence-electron chi connectivity index (χ1n) is 18.0. The van der Waals surface area contributed by atoms with Crippen molar-refractivity contribution >= 4 is 65.4 Å². The SMILES string of the molecule is Cc1cc(-n2c3ccccc3c3ccc(O)cc32)ncc1-c1c(-n2c3ccccc3c3ccccc32)cccc1-n1c2ccccc2c2ccccc21. The Morgan fingerprint density at radius 2 is 0.830 bits per heavy atom. The summed E-state index contributed by atoms with van der Waals surface area (Å²) in [4.78, 5) is 5.25. The fourth-order valence-electron chi connectivity index (χ4n) is 8.67. The molecule has 11 rings (SSSR count). The van der Waals surface area contributed by atoms with Gasteiger partial charge in [-0.1, -0.05) is 97.1 Å². The molecule has 0 amide bonds. The highest BCUT2D eigenvalue weighted by molar-refractivity contribution is 6.12. The first kappa shape index (κ1) is 29.6. The van der Waals surface area contributed by atoms with Gasteiger partial charge in [0.25, 0.3) is 0 Å². The van der Waals surface area contributed by atoms with Crippen LogP contribution in [0, 0.1) is 6.92 Å². The van der Waals surface area contributed by atoms with Crippen LogP contribution in [0.4, 0.5) is 0 Å². The highest BCUT2D eigenvalue weighted by Gasteiger charge is 2.23. The van der Waals surface area contributed by atoms with Gasteiger partial charge in [-0.2, -0.15) is 0 Å². The van der Waals surface area contributed by atoms with Gasteiger partial charge >= 0.3 is 0 Å². The average Bonchev–Trinajstić information content (AvgIpc) is 3.83. The van der Waals surface area contributed by atoms with E-state index in [-0.39, 0.29) is 5.75 Å². The second-order valence-corrected chi connectivity index (χ2v) is 13.8. The molecule has 5 nitrogen and oxygen atoms in total. The maximum atomic E-state index is 10.6. The molecular weight excluding hydrogens is 649 g/mol. The second-order valence-electron chi connectivity index (χ2n) is 13.8. The lowest BCUT2D eigenvalue weighted by molar-refractivity contribution is 0.476. The number of hydrogen-bond acceptors (Lipinski definition) is 2. The number of nitrogens with zero attached hydrogens (tertiary/aromatic N) is 4. The van der Waals surface area contributed by atoms with Crippen molar-refractivity contribution in [3.05, 3.63) is 176 Å². The minimum atomic E-state index is 0.228. The monoisotopic (exact) mass is 680 g/mol. The topological polar surface area (TPSA) is 47.9 Å². The van der Waals surface area contributed by atoms with E-state index in [0.29, 0.717) is 0 Å². The predicted octanol–water partition coefficient (Wildman–Crippen LogP) is 12.1. The summed E-state index contributed by atoms with van der Waals surface area (Å²) in [6, 6.07) is 57.5. The quantitative estimate of drug-likeness (QED) is 0.201. The van der Waals surface area contributed by atoms with Crippen LogP contribution in [-0.2, 0) is 0 Å². The third-order valence-electron chi connectivity index (χ3n) is 10.9. The largest absolute Gasteiger partial charge is 0.508 e. The van der Waals surface area contributed by atoms with Gasteiger partial charge in [0.05, 0.1) is 44.5 Å². The van der Waals surface area contributed by atoms with E-state index in [1.54, 1.807) is 6.07 Å². The highest BCUT2D eigenvalue weighted by atomic mass is 16.3. The smallest absolute Gasteiger partial charge is 0.137 e. The van der Waals surface area contributed by atoms with Crippen LogP contribution in [0.15, 0.2) is 170 Å². The third kappa shape index (κ3) is 4.22. The molecule has 5 heteroatoms. The molecule has 53 heavy (non-hydrogen) atoms. The number of pyridine rings is 1. The van der Waals surface area contributed by atoms with Gasteiger partial charge in [0, 0.05) is 55.7 Å². The van der Waals surface area contributed by atoms with Crippen LogP contribution in [0.3, 0.4) is 0 Å². The van der Waals surface area contributed by atoms with Crippen LogP contribution >= 0.6 is 0 Å². The van der Waals surface area contributed by atoms with E-state index in [9.17, 15) is 5.11 Å². The first-order chi connectivity index (χ1) is 26.2. The number of para-hydroxylation sites is 5. The summed E-state index contributed by atoms with van der Waals surface area (Å²) >= 11 is 0. The minimum absolute atomic E-state index is 0.228. The number of hydrogen-bond donors (Lipinski definition) is 1. The molecule has 0 radical (unpaired) electrons. The van der Waals surface area contributed by atoms with Crippen molar-refractivity contribution < 1.29 is 5.11 Å². The molecule has 4 aromatic heterocycles. The molecule has 0 unspecified atom stereocenters. The Bertz CT molecular complexity index is 3030. The van der Waals surface area contributed by atoms with E-state index in [1.165, 1.54) is 21.5 Å². The van der Waals surface area contributed by atoms with Crippen molar-refractivity contribution in [1.29, 1.82) is 0 Å². The first-order valence-corrected chi connectivity index (χ1v) is 18.0. The molecule has 0 aliphatic carbocycles. The van der Waals surface area contributed by atoms with Gasteiger partial charge in [0.2, 0.25) is 0 Å². The molecule has 250 valence electrons. The Hall–Kier alpha value is -7.11. The summed E-state index contributed by atoms with van der Waals surface area (Å²) in [5.74, 6) is 1.03. The number of phenols is 1. The van der Waals surface area contributed by atoms with Crippen molar-refractivity contribution in [1.82, 2.24) is 18.7 Å². The van der Waals surface area contributed by atoms with E-state index in [2.05, 4.69) is 166 Å². The number of fused-ring (bicyclic) bond motifs is 9. The number of aromatic hydroxyl groups is 1. The molecule has 0 aliphatic heterocycles. The van der Waals surface area contributed by atoms with E-state index >= 15 is 0 Å². The third-order valence-corrected chi connectivity index (χ3v) is 10.9. The molecule has 4 heterocycles. The number of aromatic nitrogens is 4. The Morgan fingerprint density at radius 1 is 0.415 bits per heavy atom. The summed E-state index contributed by atoms with van der Waals surface area (Å²) in [7, 11) is 0. The number of phenolic OH excluding ortho intramolecular Hbond substituents is 1. The zero-order chi connectivity index (χ0) is 35.2. The summed E-state index contributed by atoms with van der Waals surface area (Å²) in [5, 5.41) is 17.7. The Kier molecular flexibility index (Phi) is 6.25. The zero-order valence-electron chi connectivity index (χ0n) is 28.9. The Labute approximate surface area is 304 Å². The van der Waals surface area contributed by atoms with Gasteiger partial charge in [-0.3, -0.25) is 4.57 Å². The van der Waals surface area contributed by atoms with Crippen LogP contribution in [0.5, 0.6) is 5.75 Å². The van der Waals surface area contributed by atoms with Gasteiger partial charge in [-0.15, -0.1) is 0 Å². The molecule has 0 atom stereocenters. The lowest BCUT2D eigenvalue weighted by Gasteiger charge is -2.21. The van der Waals surface area contributed by atoms with Crippen LogP contribution < -0.4 is 0 Å². The second kappa shape index (κ2) is 11.2. The fraction of sp³-hybridized carbons (Fsp3) is 0.0208. The highest BCUT2D eigenvalue weighted by Crippen LogP contribution is 2.43. The van der Waals surface area contributed by atoms with E-state index in [1.807, 2.05) is 18.3 Å². The summed E-state index contributed by atoms with van der Waals surface area (Å²) in [6.45, 7) is 2.18. The Balaban J connectivity index is 1.25. The normalized spacial score (nSPS) is 11.9. The zero-order valence-corrected chi connectivity index (χ0v) is 28.9. The predicted molar refractivity (Wildman–Crippen MR) is 219 cm³/mol. The molecule has 1 N–H and O–H groups in total. The summed E-state index contributed by atoms with van der Waals surface area (Å²) < 4.78 is 6.99. The van der Waals surface area contributed by atoms with Gasteiger partial charge in [0.15, 0.2) is 0 Å². The molecular formula is C48H32N4O. The molecule has 7 aromatic carbocycles. The molecule has 0 bridgehead atoms. The van der Waals surface area contributed by atoms with Crippen LogP contribution in [0.2, 0.25) is 0 Å². The van der Waals surface area contributed by atoms with Crippen LogP contribution in [-0.4, -0.2) is 23.8 Å². The van der Waals surface area contributed by atoms with E-state index < -0.39 is 0 Å². The molecule has 0 fully saturated rings. The van der Waals surface area contributed by atoms with Gasteiger partial charge < -0.3 is 14.2 Å². The van der Waals surface area contributed by atoms with Gasteiger partial charge in [-0.05, 0) is 73.2 Å². The number of benzene rings is 7. The maximum absolute atomic E-state index is 10.6. The van der Waals surface area contributed by atoms with E-state index in [4.69, 9.17) is 4.98 Å². The van der Waals surface area contributed by atoms with Gasteiger partial charge in [0.1, 0.15) is 11.6 Å². The molecule has 0 aliphatic rings. The van der Waals surface area contributed by atoms with Crippen molar-refractivity contribution in [2.24, 2.45) is 0 Å². The van der Waals surface area contributed by atoms with Crippen molar-refractivity contribution in [2.45, 2.75) is 6.92 Å². The maximum Gasteiger partial charge on any atom is 0.137 e. The molecule has 11 aromatic rings. The summed E-state index contributed by atoms with van der Waals surface area (Å²) in [5.41, 5.74) is 12.0. The van der Waals surface area contributed by atoms with Crippen molar-refractivity contribution in [3.63, 3.8) is 0 Å². The van der Waals surface area contributed by atoms with Gasteiger partial charge in [-0.25, -0.2) is 4.98 Å².